The Balaban J connectivity index is 2.14. The van der Waals surface area contributed by atoms with Crippen LogP contribution in [0.4, 0.5) is 0 Å². The molecule has 3 N–H and O–H groups in total. The van der Waals surface area contributed by atoms with E-state index in [0.717, 1.165) is 25.1 Å². The maximum atomic E-state index is 12.8. The first-order chi connectivity index (χ1) is 12.4. The second-order valence-corrected chi connectivity index (χ2v) is 6.73. The van der Waals surface area contributed by atoms with Crippen LogP contribution in [0.3, 0.4) is 0 Å². The summed E-state index contributed by atoms with van der Waals surface area (Å²) in [4.78, 5) is 38.1. The van der Waals surface area contributed by atoms with Crippen molar-refractivity contribution in [3.8, 4) is 0 Å². The molecule has 0 saturated carbocycles. The molecule has 1 unspecified atom stereocenters. The Morgan fingerprint density at radius 1 is 1.42 bits per heavy atom. The molecule has 2 rings (SSSR count). The molecule has 0 aliphatic carbocycles. The molecule has 7 heteroatoms. The van der Waals surface area contributed by atoms with Gasteiger partial charge in [0.2, 0.25) is 11.8 Å². The SMILES string of the molecule is CCc1ccc(CN(C(=O)[CH]CC(C)C(N)=O)[C@H]2CCCNCC2=O)o1. The summed E-state index contributed by atoms with van der Waals surface area (Å²) in [6, 6.07) is 3.23. The fraction of sp³-hybridized carbons (Fsp3) is 0.579. The van der Waals surface area contributed by atoms with Gasteiger partial charge in [0.15, 0.2) is 5.78 Å². The number of nitrogens with zero attached hydrogens (tertiary/aromatic N) is 1. The average molecular weight is 362 g/mol. The van der Waals surface area contributed by atoms with Gasteiger partial charge in [0.05, 0.1) is 25.6 Å². The monoisotopic (exact) mass is 362 g/mol. The first-order valence-corrected chi connectivity index (χ1v) is 9.16. The van der Waals surface area contributed by atoms with E-state index in [2.05, 4.69) is 5.32 Å². The Labute approximate surface area is 154 Å². The molecule has 1 aliphatic rings. The van der Waals surface area contributed by atoms with E-state index in [1.807, 2.05) is 19.1 Å². The third kappa shape index (κ3) is 5.42. The number of primary amides is 1. The third-order valence-corrected chi connectivity index (χ3v) is 4.68. The molecular weight excluding hydrogens is 334 g/mol. The highest BCUT2D eigenvalue weighted by molar-refractivity contribution is 5.93. The topological polar surface area (TPSA) is 106 Å². The lowest BCUT2D eigenvalue weighted by Gasteiger charge is -2.29. The maximum absolute atomic E-state index is 12.8. The molecule has 2 amide bonds. The third-order valence-electron chi connectivity index (χ3n) is 4.68. The average Bonchev–Trinajstić information content (AvgIpc) is 2.97. The zero-order chi connectivity index (χ0) is 19.1. The number of hydrogen-bond acceptors (Lipinski definition) is 5. The van der Waals surface area contributed by atoms with Crippen LogP contribution in [0.1, 0.15) is 44.6 Å². The summed E-state index contributed by atoms with van der Waals surface area (Å²) in [5.74, 6) is 0.336. The largest absolute Gasteiger partial charge is 0.464 e. The van der Waals surface area contributed by atoms with Crippen molar-refractivity contribution >= 4 is 17.6 Å². The summed E-state index contributed by atoms with van der Waals surface area (Å²) in [6.07, 6.45) is 3.89. The molecule has 143 valence electrons. The van der Waals surface area contributed by atoms with Crippen molar-refractivity contribution in [1.29, 1.82) is 0 Å². The van der Waals surface area contributed by atoms with E-state index < -0.39 is 17.9 Å². The van der Waals surface area contributed by atoms with Gasteiger partial charge in [-0.15, -0.1) is 0 Å². The lowest BCUT2D eigenvalue weighted by molar-refractivity contribution is -0.138. The fourth-order valence-corrected chi connectivity index (χ4v) is 2.96. The number of ketones is 1. The zero-order valence-corrected chi connectivity index (χ0v) is 15.5. The summed E-state index contributed by atoms with van der Waals surface area (Å²) in [5.41, 5.74) is 5.26. The highest BCUT2D eigenvalue weighted by atomic mass is 16.3. The van der Waals surface area contributed by atoms with Crippen LogP contribution in [0.15, 0.2) is 16.5 Å². The maximum Gasteiger partial charge on any atom is 0.227 e. The summed E-state index contributed by atoms with van der Waals surface area (Å²) in [7, 11) is 0. The molecule has 1 aromatic heterocycles. The van der Waals surface area contributed by atoms with Crippen molar-refractivity contribution in [1.82, 2.24) is 10.2 Å². The van der Waals surface area contributed by atoms with Crippen molar-refractivity contribution in [2.45, 2.75) is 52.1 Å². The van der Waals surface area contributed by atoms with E-state index in [-0.39, 0.29) is 31.2 Å². The molecule has 0 spiro atoms. The normalized spacial score (nSPS) is 19.0. The Kier molecular flexibility index (Phi) is 7.38. The minimum atomic E-state index is -0.493. The number of hydrogen-bond donors (Lipinski definition) is 2. The molecule has 1 aromatic rings. The van der Waals surface area contributed by atoms with Crippen molar-refractivity contribution < 1.29 is 18.8 Å². The van der Waals surface area contributed by atoms with Crippen LogP contribution in [-0.2, 0) is 27.3 Å². The first-order valence-electron chi connectivity index (χ1n) is 9.16. The van der Waals surface area contributed by atoms with Crippen LogP contribution in [-0.4, -0.2) is 41.6 Å². The first kappa shape index (κ1) is 20.2. The highest BCUT2D eigenvalue weighted by Crippen LogP contribution is 2.19. The Morgan fingerprint density at radius 2 is 2.15 bits per heavy atom. The summed E-state index contributed by atoms with van der Waals surface area (Å²) in [5, 5.41) is 3.08. The van der Waals surface area contributed by atoms with Gasteiger partial charge in [-0.25, -0.2) is 0 Å². The molecule has 1 radical (unpaired) electrons. The molecule has 0 bridgehead atoms. The Hall–Kier alpha value is -2.15. The van der Waals surface area contributed by atoms with Gasteiger partial charge in [0, 0.05) is 12.3 Å². The molecule has 0 aromatic carbocycles. The second-order valence-electron chi connectivity index (χ2n) is 6.73. The van der Waals surface area contributed by atoms with Gasteiger partial charge in [-0.1, -0.05) is 13.8 Å². The van der Waals surface area contributed by atoms with Crippen LogP contribution in [0, 0.1) is 12.3 Å². The highest BCUT2D eigenvalue weighted by Gasteiger charge is 2.31. The van der Waals surface area contributed by atoms with E-state index in [9.17, 15) is 14.4 Å². The van der Waals surface area contributed by atoms with Gasteiger partial charge in [0.1, 0.15) is 11.5 Å². The number of nitrogens with one attached hydrogen (secondary N) is 1. The van der Waals surface area contributed by atoms with Crippen LogP contribution < -0.4 is 11.1 Å². The smallest absolute Gasteiger partial charge is 0.227 e. The van der Waals surface area contributed by atoms with Gasteiger partial charge in [-0.3, -0.25) is 14.4 Å². The van der Waals surface area contributed by atoms with Crippen LogP contribution in [0.5, 0.6) is 0 Å². The number of carbonyl (C=O) groups excluding carboxylic acids is 3. The molecule has 26 heavy (non-hydrogen) atoms. The number of rotatable bonds is 8. The van der Waals surface area contributed by atoms with E-state index in [1.165, 1.54) is 6.42 Å². The van der Waals surface area contributed by atoms with E-state index in [4.69, 9.17) is 10.2 Å². The number of amides is 2. The lowest BCUT2D eigenvalue weighted by atomic mass is 10.0. The van der Waals surface area contributed by atoms with Crippen molar-refractivity contribution in [2.75, 3.05) is 13.1 Å². The minimum absolute atomic E-state index is 0.00512. The standard InChI is InChI=1S/C19H28N3O4/c1-3-14-7-8-15(26-14)12-22(16-5-4-10-21-11-17(16)23)18(24)9-6-13(2)19(20)25/h7-9,13,16,21H,3-6,10-12H2,1-2H3,(H2,20,25)/t13?,16-/m0/s1. The summed E-state index contributed by atoms with van der Waals surface area (Å²) >= 11 is 0. The van der Waals surface area contributed by atoms with E-state index >= 15 is 0 Å². The number of Topliss-reactive ketones (excluding diaryl/α,β-unsaturated/α-hetero) is 1. The molecule has 2 heterocycles. The van der Waals surface area contributed by atoms with E-state index in [0.29, 0.717) is 12.2 Å². The minimum Gasteiger partial charge on any atom is -0.464 e. The number of nitrogens with two attached hydrogens (primary N) is 1. The summed E-state index contributed by atoms with van der Waals surface area (Å²) in [6.45, 7) is 4.91. The Bertz CT molecular complexity index is 640. The predicted molar refractivity (Wildman–Crippen MR) is 96.8 cm³/mol. The lowest BCUT2D eigenvalue weighted by Crippen LogP contribution is -2.46. The molecule has 1 saturated heterocycles. The molecule has 1 aliphatic heterocycles. The molecule has 1 fully saturated rings. The van der Waals surface area contributed by atoms with Crippen molar-refractivity contribution in [2.24, 2.45) is 11.7 Å². The predicted octanol–water partition coefficient (Wildman–Crippen LogP) is 1.21. The van der Waals surface area contributed by atoms with Gasteiger partial charge in [-0.05, 0) is 37.9 Å². The van der Waals surface area contributed by atoms with Gasteiger partial charge < -0.3 is 20.4 Å². The molecule has 7 nitrogen and oxygen atoms in total. The zero-order valence-electron chi connectivity index (χ0n) is 15.5. The van der Waals surface area contributed by atoms with Crippen LogP contribution in [0.2, 0.25) is 0 Å². The van der Waals surface area contributed by atoms with Crippen LogP contribution in [0.25, 0.3) is 0 Å². The molecular formula is C19H28N3O4. The second kappa shape index (κ2) is 9.52. The van der Waals surface area contributed by atoms with Gasteiger partial charge in [0.25, 0.3) is 0 Å². The van der Waals surface area contributed by atoms with Crippen LogP contribution >= 0.6 is 0 Å². The fourth-order valence-electron chi connectivity index (χ4n) is 2.96. The number of aryl methyl sites for hydroxylation is 1. The number of furan rings is 1. The number of carbonyl (C=O) groups is 3. The van der Waals surface area contributed by atoms with E-state index in [1.54, 1.807) is 11.8 Å². The molecule has 2 atom stereocenters. The van der Waals surface area contributed by atoms with Gasteiger partial charge in [-0.2, -0.15) is 0 Å². The quantitative estimate of drug-likeness (QED) is 0.723. The van der Waals surface area contributed by atoms with Gasteiger partial charge >= 0.3 is 0 Å². The van der Waals surface area contributed by atoms with Crippen molar-refractivity contribution in [3.05, 3.63) is 30.1 Å². The Morgan fingerprint density at radius 3 is 2.81 bits per heavy atom. The summed E-state index contributed by atoms with van der Waals surface area (Å²) < 4.78 is 5.73. The van der Waals surface area contributed by atoms with Crippen molar-refractivity contribution in [3.63, 3.8) is 0 Å².